The number of hydrogen-bond acceptors (Lipinski definition) is 8. The first kappa shape index (κ1) is 25.5. The third kappa shape index (κ3) is 4.42. The Morgan fingerprint density at radius 3 is 2.51 bits per heavy atom. The summed E-state index contributed by atoms with van der Waals surface area (Å²) in [6, 6.07) is 11.8. The summed E-state index contributed by atoms with van der Waals surface area (Å²) in [7, 11) is -3.15. The summed E-state index contributed by atoms with van der Waals surface area (Å²) in [5.74, 6) is -8.21. The van der Waals surface area contributed by atoms with Crippen LogP contribution in [-0.2, 0) is 36.0 Å². The molecular formula is C22H20F2N2O6S3. The Labute approximate surface area is 208 Å². The Morgan fingerprint density at radius 1 is 1.17 bits per heavy atom. The second-order valence-electron chi connectivity index (χ2n) is 7.39. The third-order valence-electron chi connectivity index (χ3n) is 5.40. The molecule has 13 heteroatoms. The third-order valence-corrected chi connectivity index (χ3v) is 9.40. The van der Waals surface area contributed by atoms with Crippen molar-refractivity contribution in [2.24, 2.45) is 0 Å². The fraction of sp³-hybridized carbons (Fsp3) is 0.273. The number of esters is 1. The SMILES string of the molecule is COC(OC(=O)C1SCCN1S(=O)(=O)c1ccsc1)(c1ccccc1)C(F)(F)c1cccc[n+]1[O-]. The van der Waals surface area contributed by atoms with Gasteiger partial charge in [0.25, 0.3) is 5.69 Å². The van der Waals surface area contributed by atoms with Gasteiger partial charge in [0.1, 0.15) is 0 Å². The number of aromatic nitrogens is 1. The first-order valence-electron chi connectivity index (χ1n) is 10.2. The summed E-state index contributed by atoms with van der Waals surface area (Å²) < 4.78 is 69.7. The number of ether oxygens (including phenoxy) is 2. The zero-order chi connectivity index (χ0) is 25.3. The smallest absolute Gasteiger partial charge is 0.399 e. The average molecular weight is 543 g/mol. The van der Waals surface area contributed by atoms with Crippen LogP contribution in [0.5, 0.6) is 0 Å². The van der Waals surface area contributed by atoms with Crippen molar-refractivity contribution in [1.29, 1.82) is 0 Å². The lowest BCUT2D eigenvalue weighted by Gasteiger charge is -2.38. The number of sulfonamides is 1. The molecule has 2 aromatic heterocycles. The quantitative estimate of drug-likeness (QED) is 0.186. The number of carbonyl (C=O) groups is 1. The second kappa shape index (κ2) is 9.82. The van der Waals surface area contributed by atoms with E-state index < -0.39 is 38.8 Å². The highest BCUT2D eigenvalue weighted by Crippen LogP contribution is 2.48. The normalized spacial score (nSPS) is 18.8. The van der Waals surface area contributed by atoms with Gasteiger partial charge in [0, 0.05) is 42.5 Å². The van der Waals surface area contributed by atoms with Gasteiger partial charge in [-0.25, -0.2) is 13.2 Å². The molecule has 1 aromatic carbocycles. The standard InChI is InChI=1S/C22H20F2N2O6S3/c1-31-22(16-7-3-2-4-8-16,21(23,24)18-9-5-6-11-25(18)28)32-20(27)19-26(12-14-34-19)35(29,30)17-10-13-33-15-17/h2-11,13,15,19H,12,14H2,1H3. The van der Waals surface area contributed by atoms with Crippen molar-refractivity contribution >= 4 is 39.1 Å². The van der Waals surface area contributed by atoms with Crippen LogP contribution in [-0.4, -0.2) is 43.5 Å². The summed E-state index contributed by atoms with van der Waals surface area (Å²) in [5, 5.41) is 13.8. The van der Waals surface area contributed by atoms with E-state index in [2.05, 4.69) is 0 Å². The van der Waals surface area contributed by atoms with E-state index in [1.165, 1.54) is 59.2 Å². The van der Waals surface area contributed by atoms with Gasteiger partial charge in [0.05, 0.1) is 4.90 Å². The first-order chi connectivity index (χ1) is 16.6. The van der Waals surface area contributed by atoms with Crippen molar-refractivity contribution in [2.75, 3.05) is 19.4 Å². The molecule has 3 aromatic rings. The summed E-state index contributed by atoms with van der Waals surface area (Å²) in [6.45, 7) is -0.0103. The predicted molar refractivity (Wildman–Crippen MR) is 125 cm³/mol. The maximum Gasteiger partial charge on any atom is 0.399 e. The minimum absolute atomic E-state index is 0.00845. The lowest BCUT2D eigenvalue weighted by atomic mass is 9.95. The highest BCUT2D eigenvalue weighted by molar-refractivity contribution is 8.02. The van der Waals surface area contributed by atoms with Crippen molar-refractivity contribution in [2.45, 2.75) is 22.0 Å². The monoisotopic (exact) mass is 542 g/mol. The van der Waals surface area contributed by atoms with E-state index in [-0.39, 0.29) is 27.5 Å². The van der Waals surface area contributed by atoms with Gasteiger partial charge in [-0.2, -0.15) is 29.2 Å². The number of halogens is 2. The van der Waals surface area contributed by atoms with Gasteiger partial charge in [-0.05, 0) is 17.5 Å². The van der Waals surface area contributed by atoms with E-state index >= 15 is 8.78 Å². The maximum absolute atomic E-state index is 16.1. The largest absolute Gasteiger partial charge is 0.618 e. The number of hydrogen-bond donors (Lipinski definition) is 0. The molecule has 1 saturated heterocycles. The Bertz CT molecular complexity index is 1290. The molecule has 186 valence electrons. The van der Waals surface area contributed by atoms with Crippen LogP contribution in [0, 0.1) is 5.21 Å². The van der Waals surface area contributed by atoms with Crippen LogP contribution in [0.3, 0.4) is 0 Å². The van der Waals surface area contributed by atoms with Crippen LogP contribution in [0.1, 0.15) is 11.3 Å². The number of methoxy groups -OCH3 is 1. The predicted octanol–water partition coefficient (Wildman–Crippen LogP) is 3.28. The van der Waals surface area contributed by atoms with E-state index in [0.29, 0.717) is 0 Å². The molecule has 2 atom stereocenters. The number of carbonyl (C=O) groups excluding carboxylic acids is 1. The highest BCUT2D eigenvalue weighted by atomic mass is 32.2. The zero-order valence-electron chi connectivity index (χ0n) is 18.2. The van der Waals surface area contributed by atoms with Crippen LogP contribution in [0.4, 0.5) is 8.78 Å². The molecule has 2 unspecified atom stereocenters. The molecule has 0 radical (unpaired) electrons. The zero-order valence-corrected chi connectivity index (χ0v) is 20.7. The molecule has 0 saturated carbocycles. The first-order valence-corrected chi connectivity index (χ1v) is 13.6. The minimum atomic E-state index is -4.16. The van der Waals surface area contributed by atoms with Crippen LogP contribution < -0.4 is 4.73 Å². The average Bonchev–Trinajstić information content (AvgIpc) is 3.56. The molecule has 0 aliphatic carbocycles. The van der Waals surface area contributed by atoms with Gasteiger partial charge in [0.2, 0.25) is 10.0 Å². The van der Waals surface area contributed by atoms with Crippen molar-refractivity contribution in [1.82, 2.24) is 4.31 Å². The Hall–Kier alpha value is -2.58. The number of alkyl halides is 2. The molecule has 0 spiro atoms. The molecule has 0 amide bonds. The molecule has 3 heterocycles. The van der Waals surface area contributed by atoms with Gasteiger partial charge >= 0.3 is 17.7 Å². The van der Waals surface area contributed by atoms with Gasteiger partial charge in [-0.15, -0.1) is 11.8 Å². The fourth-order valence-electron chi connectivity index (χ4n) is 3.70. The van der Waals surface area contributed by atoms with Crippen molar-refractivity contribution in [3.63, 3.8) is 0 Å². The second-order valence-corrected chi connectivity index (χ2v) is 11.3. The molecule has 1 aliphatic rings. The van der Waals surface area contributed by atoms with Crippen LogP contribution in [0.15, 0.2) is 76.4 Å². The summed E-state index contributed by atoms with van der Waals surface area (Å²) in [6.07, 6.45) is 0.887. The van der Waals surface area contributed by atoms with E-state index in [1.807, 2.05) is 0 Å². The molecule has 0 bridgehead atoms. The number of thiophene rings is 1. The Balaban J connectivity index is 1.77. The lowest BCUT2D eigenvalue weighted by molar-refractivity contribution is -0.630. The van der Waals surface area contributed by atoms with E-state index in [4.69, 9.17) is 9.47 Å². The molecule has 0 N–H and O–H groups in total. The number of benzene rings is 1. The molecular weight excluding hydrogens is 522 g/mol. The van der Waals surface area contributed by atoms with Crippen LogP contribution in [0.25, 0.3) is 0 Å². The molecule has 35 heavy (non-hydrogen) atoms. The fourth-order valence-corrected chi connectivity index (χ4v) is 7.76. The Kier molecular flexibility index (Phi) is 7.16. The molecule has 8 nitrogen and oxygen atoms in total. The maximum atomic E-state index is 16.1. The number of thioether (sulfide) groups is 1. The highest BCUT2D eigenvalue weighted by Gasteiger charge is 2.65. The van der Waals surface area contributed by atoms with Crippen molar-refractivity contribution in [3.8, 4) is 0 Å². The van der Waals surface area contributed by atoms with E-state index in [1.54, 1.807) is 11.4 Å². The number of rotatable bonds is 8. The molecule has 4 rings (SSSR count). The van der Waals surface area contributed by atoms with Gasteiger partial charge in [0.15, 0.2) is 11.6 Å². The van der Waals surface area contributed by atoms with E-state index in [0.717, 1.165) is 35.4 Å². The Morgan fingerprint density at radius 2 is 1.89 bits per heavy atom. The van der Waals surface area contributed by atoms with Crippen molar-refractivity contribution < 1.29 is 36.2 Å². The van der Waals surface area contributed by atoms with Gasteiger partial charge in [-0.1, -0.05) is 30.3 Å². The topological polar surface area (TPSA) is 99.8 Å². The number of pyridine rings is 1. The number of nitrogens with zero attached hydrogens (tertiary/aromatic N) is 2. The van der Waals surface area contributed by atoms with Crippen molar-refractivity contribution in [3.05, 3.63) is 88.0 Å². The van der Waals surface area contributed by atoms with Gasteiger partial charge in [-0.3, -0.25) is 0 Å². The molecule has 1 aliphatic heterocycles. The van der Waals surface area contributed by atoms with Crippen LogP contribution in [0.2, 0.25) is 0 Å². The molecule has 1 fully saturated rings. The van der Waals surface area contributed by atoms with Crippen LogP contribution >= 0.6 is 23.1 Å². The minimum Gasteiger partial charge on any atom is -0.618 e. The summed E-state index contributed by atoms with van der Waals surface area (Å²) >= 11 is 2.12. The van der Waals surface area contributed by atoms with E-state index in [9.17, 15) is 18.4 Å². The lowest BCUT2D eigenvalue weighted by Crippen LogP contribution is -2.55. The summed E-state index contributed by atoms with van der Waals surface area (Å²) in [5.41, 5.74) is -1.25. The summed E-state index contributed by atoms with van der Waals surface area (Å²) in [4.78, 5) is 13.3. The van der Waals surface area contributed by atoms with Gasteiger partial charge < -0.3 is 14.7 Å².